The molecule has 0 radical (unpaired) electrons. The van der Waals surface area contributed by atoms with Gasteiger partial charge in [0.25, 0.3) is 0 Å². The van der Waals surface area contributed by atoms with Gasteiger partial charge in [-0.15, -0.1) is 11.3 Å². The van der Waals surface area contributed by atoms with Crippen molar-refractivity contribution in [2.45, 2.75) is 33.2 Å². The second-order valence-electron chi connectivity index (χ2n) is 7.47. The Labute approximate surface area is 173 Å². The predicted molar refractivity (Wildman–Crippen MR) is 114 cm³/mol. The van der Waals surface area contributed by atoms with Gasteiger partial charge in [0.05, 0.1) is 12.3 Å². The van der Waals surface area contributed by atoms with Crippen LogP contribution in [0.15, 0.2) is 43.0 Å². The zero-order valence-corrected chi connectivity index (χ0v) is 17.4. The normalized spacial score (nSPS) is 13.0. The molecule has 146 valence electrons. The number of aromatic nitrogens is 5. The first kappa shape index (κ1) is 18.0. The number of hydrogen-bond acceptors (Lipinski definition) is 6. The third kappa shape index (κ3) is 3.21. The molecule has 7 heteroatoms. The van der Waals surface area contributed by atoms with Crippen LogP contribution in [-0.4, -0.2) is 31.3 Å². The van der Waals surface area contributed by atoms with Crippen LogP contribution in [0.5, 0.6) is 5.75 Å². The van der Waals surface area contributed by atoms with E-state index in [1.54, 1.807) is 17.7 Å². The van der Waals surface area contributed by atoms with E-state index in [2.05, 4.69) is 54.0 Å². The highest BCUT2D eigenvalue weighted by atomic mass is 32.1. The molecule has 1 aromatic carbocycles. The number of nitrogens with zero attached hydrogens (tertiary/aromatic N) is 5. The number of rotatable bonds is 3. The molecule has 0 unspecified atom stereocenters. The van der Waals surface area contributed by atoms with Crippen molar-refractivity contribution in [2.24, 2.45) is 0 Å². The van der Waals surface area contributed by atoms with Crippen LogP contribution in [-0.2, 0) is 6.42 Å². The van der Waals surface area contributed by atoms with E-state index in [0.717, 1.165) is 51.0 Å². The molecule has 0 atom stereocenters. The zero-order valence-electron chi connectivity index (χ0n) is 16.6. The van der Waals surface area contributed by atoms with Crippen molar-refractivity contribution in [3.63, 3.8) is 0 Å². The van der Waals surface area contributed by atoms with Crippen LogP contribution in [0, 0.1) is 6.92 Å². The highest BCUT2D eigenvalue weighted by Gasteiger charge is 2.23. The van der Waals surface area contributed by atoms with Crippen molar-refractivity contribution >= 4 is 11.3 Å². The molecule has 29 heavy (non-hydrogen) atoms. The quantitative estimate of drug-likeness (QED) is 0.484. The van der Waals surface area contributed by atoms with Gasteiger partial charge in [-0.25, -0.2) is 14.6 Å². The Balaban J connectivity index is 1.64. The number of aryl methyl sites for hydroxylation is 1. The van der Waals surface area contributed by atoms with Crippen molar-refractivity contribution in [3.8, 4) is 39.0 Å². The standard InChI is InChI=1S/C22H21N5OS/c1-13(2)27-21(24-12-25-27)22-26-20-17-9-15(16-8-14(3)10-23-11-16)4-5-18(17)28-7-6-19(20)29-22/h4-5,8-13H,6-7H2,1-3H3. The maximum Gasteiger partial charge on any atom is 0.187 e. The Morgan fingerprint density at radius 3 is 2.86 bits per heavy atom. The number of pyridine rings is 1. The van der Waals surface area contributed by atoms with Crippen LogP contribution >= 0.6 is 11.3 Å². The summed E-state index contributed by atoms with van der Waals surface area (Å²) in [5.41, 5.74) is 5.34. The Kier molecular flexibility index (Phi) is 4.39. The average Bonchev–Trinajstić information content (AvgIpc) is 3.32. The topological polar surface area (TPSA) is 65.7 Å². The lowest BCUT2D eigenvalue weighted by molar-refractivity contribution is 0.327. The van der Waals surface area contributed by atoms with Gasteiger partial charge < -0.3 is 4.74 Å². The molecule has 0 aliphatic carbocycles. The van der Waals surface area contributed by atoms with Gasteiger partial charge in [-0.05, 0) is 50.1 Å². The molecular formula is C22H21N5OS. The molecule has 1 aliphatic rings. The van der Waals surface area contributed by atoms with E-state index < -0.39 is 0 Å². The van der Waals surface area contributed by atoms with Gasteiger partial charge in [-0.3, -0.25) is 4.98 Å². The van der Waals surface area contributed by atoms with E-state index in [1.165, 1.54) is 4.88 Å². The lowest BCUT2D eigenvalue weighted by Crippen LogP contribution is -2.04. The van der Waals surface area contributed by atoms with Gasteiger partial charge in [-0.1, -0.05) is 6.07 Å². The molecule has 6 nitrogen and oxygen atoms in total. The van der Waals surface area contributed by atoms with Gasteiger partial charge in [0.1, 0.15) is 12.1 Å². The van der Waals surface area contributed by atoms with Gasteiger partial charge in [0.15, 0.2) is 10.8 Å². The molecule has 0 saturated heterocycles. The summed E-state index contributed by atoms with van der Waals surface area (Å²) in [7, 11) is 0. The second-order valence-corrected chi connectivity index (χ2v) is 8.56. The number of fused-ring (bicyclic) bond motifs is 3. The van der Waals surface area contributed by atoms with Crippen molar-refractivity contribution in [3.05, 3.63) is 53.4 Å². The highest BCUT2D eigenvalue weighted by Crippen LogP contribution is 2.41. The third-order valence-electron chi connectivity index (χ3n) is 4.98. The summed E-state index contributed by atoms with van der Waals surface area (Å²) in [6.07, 6.45) is 6.19. The van der Waals surface area contributed by atoms with E-state index >= 15 is 0 Å². The summed E-state index contributed by atoms with van der Waals surface area (Å²) in [5.74, 6) is 1.69. The molecule has 4 aromatic rings. The Morgan fingerprint density at radius 1 is 1.14 bits per heavy atom. The Hall–Kier alpha value is -3.06. The molecule has 0 N–H and O–H groups in total. The maximum absolute atomic E-state index is 6.01. The Bertz CT molecular complexity index is 1190. The summed E-state index contributed by atoms with van der Waals surface area (Å²) >= 11 is 1.68. The summed E-state index contributed by atoms with van der Waals surface area (Å²) < 4.78 is 7.94. The first-order valence-corrected chi connectivity index (χ1v) is 10.5. The number of thiazole rings is 1. The van der Waals surface area contributed by atoms with Gasteiger partial charge >= 0.3 is 0 Å². The van der Waals surface area contributed by atoms with Crippen LogP contribution in [0.3, 0.4) is 0 Å². The number of ether oxygens (including phenoxy) is 1. The van der Waals surface area contributed by atoms with E-state index in [9.17, 15) is 0 Å². The van der Waals surface area contributed by atoms with Gasteiger partial charge in [0.2, 0.25) is 0 Å². The van der Waals surface area contributed by atoms with Gasteiger partial charge in [-0.2, -0.15) is 5.10 Å². The van der Waals surface area contributed by atoms with E-state index in [0.29, 0.717) is 6.61 Å². The molecule has 4 heterocycles. The second kappa shape index (κ2) is 7.08. The van der Waals surface area contributed by atoms with Crippen molar-refractivity contribution < 1.29 is 4.74 Å². The van der Waals surface area contributed by atoms with Crippen molar-refractivity contribution in [1.82, 2.24) is 24.7 Å². The SMILES string of the molecule is Cc1cncc(-c2ccc3c(c2)-c2nc(-c4ncnn4C(C)C)sc2CCO3)c1. The predicted octanol–water partition coefficient (Wildman–Crippen LogP) is 4.95. The summed E-state index contributed by atoms with van der Waals surface area (Å²) in [6.45, 7) is 6.90. The summed E-state index contributed by atoms with van der Waals surface area (Å²) in [6, 6.07) is 8.66. The minimum absolute atomic E-state index is 0.229. The molecule has 0 bridgehead atoms. The Morgan fingerprint density at radius 2 is 2.03 bits per heavy atom. The molecule has 0 amide bonds. The molecule has 1 aliphatic heterocycles. The molecule has 5 rings (SSSR count). The molecule has 0 saturated carbocycles. The smallest absolute Gasteiger partial charge is 0.187 e. The molecule has 0 fully saturated rings. The maximum atomic E-state index is 6.01. The van der Waals surface area contributed by atoms with Crippen LogP contribution in [0.25, 0.3) is 33.2 Å². The fourth-order valence-corrected chi connectivity index (χ4v) is 4.64. The molecular weight excluding hydrogens is 382 g/mol. The average molecular weight is 404 g/mol. The van der Waals surface area contributed by atoms with Crippen LogP contribution in [0.1, 0.15) is 30.3 Å². The molecule has 3 aromatic heterocycles. The summed E-state index contributed by atoms with van der Waals surface area (Å²) in [5, 5.41) is 5.26. The lowest BCUT2D eigenvalue weighted by atomic mass is 10.0. The first-order chi connectivity index (χ1) is 14.1. The van der Waals surface area contributed by atoms with E-state index in [1.807, 2.05) is 23.1 Å². The minimum Gasteiger partial charge on any atom is -0.493 e. The zero-order chi connectivity index (χ0) is 20.0. The molecule has 0 spiro atoms. The number of benzene rings is 1. The largest absolute Gasteiger partial charge is 0.493 e. The number of hydrogen-bond donors (Lipinski definition) is 0. The van der Waals surface area contributed by atoms with E-state index in [-0.39, 0.29) is 6.04 Å². The fraction of sp³-hybridized carbons (Fsp3) is 0.273. The van der Waals surface area contributed by atoms with Crippen LogP contribution in [0.2, 0.25) is 0 Å². The first-order valence-electron chi connectivity index (χ1n) is 9.69. The third-order valence-corrected chi connectivity index (χ3v) is 6.09. The van der Waals surface area contributed by atoms with Crippen LogP contribution in [0.4, 0.5) is 0 Å². The fourth-order valence-electron chi connectivity index (χ4n) is 3.60. The minimum atomic E-state index is 0.229. The summed E-state index contributed by atoms with van der Waals surface area (Å²) in [4.78, 5) is 15.0. The van der Waals surface area contributed by atoms with E-state index in [4.69, 9.17) is 9.72 Å². The monoisotopic (exact) mass is 403 g/mol. The highest BCUT2D eigenvalue weighted by molar-refractivity contribution is 7.15. The lowest BCUT2D eigenvalue weighted by Gasteiger charge is -2.10. The van der Waals surface area contributed by atoms with Crippen LogP contribution < -0.4 is 4.74 Å². The van der Waals surface area contributed by atoms with Crippen molar-refractivity contribution in [1.29, 1.82) is 0 Å². The van der Waals surface area contributed by atoms with Crippen molar-refractivity contribution in [2.75, 3.05) is 6.61 Å². The van der Waals surface area contributed by atoms with Gasteiger partial charge in [0, 0.05) is 40.9 Å².